The average molecular weight is 535 g/mol. The third-order valence-corrected chi connectivity index (χ3v) is 6.21. The van der Waals surface area contributed by atoms with Gasteiger partial charge in [0, 0.05) is 45.0 Å². The molecule has 0 aromatic carbocycles. The minimum absolute atomic E-state index is 0. The predicted molar refractivity (Wildman–Crippen MR) is 136 cm³/mol. The molecule has 0 radical (unpaired) electrons. The molecule has 0 bridgehead atoms. The van der Waals surface area contributed by atoms with E-state index in [1.54, 1.807) is 0 Å². The standard InChI is InChI=1S/C22H42N6O.HI/c1-7-19(8-2)21(28-12-14-29-15-13-28)16-25-22(23-9-3)24-11-10-20-17(4)26-27(6)18(20)5;/h19,21H,7-16H2,1-6H3,(H2,23,24,25);1H. The molecule has 2 N–H and O–H groups in total. The molecule has 8 heteroatoms. The number of aromatic nitrogens is 2. The van der Waals surface area contributed by atoms with Crippen molar-refractivity contribution in [3.63, 3.8) is 0 Å². The molecule has 1 atom stereocenters. The van der Waals surface area contributed by atoms with E-state index < -0.39 is 0 Å². The first kappa shape index (κ1) is 27.2. The first-order valence-corrected chi connectivity index (χ1v) is 11.3. The Morgan fingerprint density at radius 1 is 1.13 bits per heavy atom. The Morgan fingerprint density at radius 2 is 1.80 bits per heavy atom. The topological polar surface area (TPSA) is 66.7 Å². The van der Waals surface area contributed by atoms with Gasteiger partial charge < -0.3 is 15.4 Å². The molecule has 1 aliphatic rings. The summed E-state index contributed by atoms with van der Waals surface area (Å²) in [5.74, 6) is 1.58. The van der Waals surface area contributed by atoms with Crippen LogP contribution in [0.4, 0.5) is 0 Å². The molecule has 1 saturated heterocycles. The van der Waals surface area contributed by atoms with Crippen molar-refractivity contribution in [1.82, 2.24) is 25.3 Å². The number of morpholine rings is 1. The lowest BCUT2D eigenvalue weighted by Crippen LogP contribution is -2.49. The number of aliphatic imine (C=N–C) groups is 1. The van der Waals surface area contributed by atoms with Crippen molar-refractivity contribution in [2.75, 3.05) is 45.9 Å². The number of nitrogens with zero attached hydrogens (tertiary/aromatic N) is 4. The number of hydrogen-bond donors (Lipinski definition) is 2. The highest BCUT2D eigenvalue weighted by molar-refractivity contribution is 14.0. The number of hydrogen-bond acceptors (Lipinski definition) is 4. The van der Waals surface area contributed by atoms with E-state index in [-0.39, 0.29) is 24.0 Å². The second kappa shape index (κ2) is 14.2. The molecular formula is C22H43IN6O. The number of ether oxygens (including phenoxy) is 1. The summed E-state index contributed by atoms with van der Waals surface area (Å²) >= 11 is 0. The minimum Gasteiger partial charge on any atom is -0.379 e. The molecule has 2 rings (SSSR count). The zero-order valence-corrected chi connectivity index (χ0v) is 22.2. The Labute approximate surface area is 200 Å². The first-order chi connectivity index (χ1) is 14.0. The van der Waals surface area contributed by atoms with Crippen LogP contribution in [-0.2, 0) is 18.2 Å². The summed E-state index contributed by atoms with van der Waals surface area (Å²) in [6.45, 7) is 17.2. The van der Waals surface area contributed by atoms with E-state index in [0.717, 1.165) is 64.0 Å². The molecule has 1 unspecified atom stereocenters. The highest BCUT2D eigenvalue weighted by Gasteiger charge is 2.26. The average Bonchev–Trinajstić information content (AvgIpc) is 2.97. The lowest BCUT2D eigenvalue weighted by molar-refractivity contribution is 0.00395. The summed E-state index contributed by atoms with van der Waals surface area (Å²) < 4.78 is 7.53. The lowest BCUT2D eigenvalue weighted by Gasteiger charge is -2.38. The summed E-state index contributed by atoms with van der Waals surface area (Å²) in [6, 6.07) is 0.479. The summed E-state index contributed by atoms with van der Waals surface area (Å²) in [4.78, 5) is 7.56. The zero-order chi connectivity index (χ0) is 21.2. The van der Waals surface area contributed by atoms with Crippen molar-refractivity contribution in [3.05, 3.63) is 17.0 Å². The molecule has 2 heterocycles. The van der Waals surface area contributed by atoms with Crippen molar-refractivity contribution < 1.29 is 4.74 Å². The zero-order valence-electron chi connectivity index (χ0n) is 19.8. The van der Waals surface area contributed by atoms with Crippen LogP contribution in [0.1, 0.15) is 50.6 Å². The van der Waals surface area contributed by atoms with Gasteiger partial charge in [-0.25, -0.2) is 0 Å². The number of rotatable bonds is 10. The maximum atomic E-state index is 5.57. The van der Waals surface area contributed by atoms with Crippen molar-refractivity contribution in [3.8, 4) is 0 Å². The van der Waals surface area contributed by atoms with E-state index >= 15 is 0 Å². The molecule has 1 aromatic heterocycles. The van der Waals surface area contributed by atoms with Gasteiger partial charge in [0.05, 0.1) is 25.5 Å². The van der Waals surface area contributed by atoms with Crippen LogP contribution in [0, 0.1) is 19.8 Å². The normalized spacial score (nSPS) is 16.4. The SMILES string of the molecule is CCNC(=NCC(C(CC)CC)N1CCOCC1)NCCc1c(C)nn(C)c1C.I. The molecule has 0 aliphatic carbocycles. The molecule has 0 amide bonds. The molecule has 30 heavy (non-hydrogen) atoms. The van der Waals surface area contributed by atoms with E-state index in [2.05, 4.69) is 55.3 Å². The van der Waals surface area contributed by atoms with Crippen LogP contribution in [-0.4, -0.2) is 72.6 Å². The van der Waals surface area contributed by atoms with Crippen molar-refractivity contribution in [2.24, 2.45) is 18.0 Å². The number of aryl methyl sites for hydroxylation is 2. The highest BCUT2D eigenvalue weighted by Crippen LogP contribution is 2.20. The number of halogens is 1. The second-order valence-electron chi connectivity index (χ2n) is 7.96. The maximum Gasteiger partial charge on any atom is 0.191 e. The van der Waals surface area contributed by atoms with Gasteiger partial charge in [0.2, 0.25) is 0 Å². The summed E-state index contributed by atoms with van der Waals surface area (Å²) in [5.41, 5.74) is 3.70. The Bertz CT molecular complexity index is 638. The fraction of sp³-hybridized carbons (Fsp3) is 0.818. The van der Waals surface area contributed by atoms with E-state index in [4.69, 9.17) is 9.73 Å². The van der Waals surface area contributed by atoms with E-state index in [1.165, 1.54) is 24.1 Å². The number of guanidine groups is 1. The van der Waals surface area contributed by atoms with Gasteiger partial charge in [0.25, 0.3) is 0 Å². The largest absolute Gasteiger partial charge is 0.379 e. The Kier molecular flexibility index (Phi) is 12.9. The van der Waals surface area contributed by atoms with Gasteiger partial charge in [0.15, 0.2) is 5.96 Å². The maximum absolute atomic E-state index is 5.57. The van der Waals surface area contributed by atoms with E-state index in [0.29, 0.717) is 12.0 Å². The molecule has 1 aromatic rings. The van der Waals surface area contributed by atoms with Crippen molar-refractivity contribution in [2.45, 2.75) is 59.9 Å². The smallest absolute Gasteiger partial charge is 0.191 e. The molecule has 1 fully saturated rings. The van der Waals surface area contributed by atoms with Crippen LogP contribution in [0.2, 0.25) is 0 Å². The highest BCUT2D eigenvalue weighted by atomic mass is 127. The van der Waals surface area contributed by atoms with Crippen LogP contribution in [0.3, 0.4) is 0 Å². The van der Waals surface area contributed by atoms with Crippen molar-refractivity contribution in [1.29, 1.82) is 0 Å². The minimum atomic E-state index is 0. The van der Waals surface area contributed by atoms with E-state index in [1.807, 2.05) is 11.7 Å². The van der Waals surface area contributed by atoms with Crippen LogP contribution < -0.4 is 10.6 Å². The molecule has 7 nitrogen and oxygen atoms in total. The van der Waals surface area contributed by atoms with Gasteiger partial charge in [-0.1, -0.05) is 26.7 Å². The van der Waals surface area contributed by atoms with Crippen LogP contribution in [0.15, 0.2) is 4.99 Å². The first-order valence-electron chi connectivity index (χ1n) is 11.3. The Balaban J connectivity index is 0.00000450. The molecule has 1 aliphatic heterocycles. The number of nitrogens with one attached hydrogen (secondary N) is 2. The van der Waals surface area contributed by atoms with Gasteiger partial charge >= 0.3 is 0 Å². The lowest BCUT2D eigenvalue weighted by atomic mass is 9.92. The quantitative estimate of drug-likeness (QED) is 0.275. The summed E-state index contributed by atoms with van der Waals surface area (Å²) in [6.07, 6.45) is 3.34. The Hall–Kier alpha value is -0.870. The van der Waals surface area contributed by atoms with Crippen LogP contribution in [0.25, 0.3) is 0 Å². The monoisotopic (exact) mass is 534 g/mol. The molecule has 0 saturated carbocycles. The van der Waals surface area contributed by atoms with Gasteiger partial charge in [-0.2, -0.15) is 5.10 Å². The van der Waals surface area contributed by atoms with Gasteiger partial charge in [-0.15, -0.1) is 24.0 Å². The predicted octanol–water partition coefficient (Wildman–Crippen LogP) is 2.89. The molecule has 174 valence electrons. The molecule has 0 spiro atoms. The van der Waals surface area contributed by atoms with Gasteiger partial charge in [0.1, 0.15) is 0 Å². The summed E-state index contributed by atoms with van der Waals surface area (Å²) in [5, 5.41) is 11.5. The summed E-state index contributed by atoms with van der Waals surface area (Å²) in [7, 11) is 2.01. The van der Waals surface area contributed by atoms with Crippen LogP contribution >= 0.6 is 24.0 Å². The third kappa shape index (κ3) is 7.67. The van der Waals surface area contributed by atoms with Crippen LogP contribution in [0.5, 0.6) is 0 Å². The van der Waals surface area contributed by atoms with Gasteiger partial charge in [-0.05, 0) is 38.7 Å². The second-order valence-corrected chi connectivity index (χ2v) is 7.96. The van der Waals surface area contributed by atoms with Gasteiger partial charge in [-0.3, -0.25) is 14.6 Å². The van der Waals surface area contributed by atoms with E-state index in [9.17, 15) is 0 Å². The fourth-order valence-electron chi connectivity index (χ4n) is 4.32. The fourth-order valence-corrected chi connectivity index (χ4v) is 4.32. The third-order valence-electron chi connectivity index (χ3n) is 6.21. The Morgan fingerprint density at radius 3 is 2.33 bits per heavy atom. The van der Waals surface area contributed by atoms with Crippen molar-refractivity contribution >= 4 is 29.9 Å². The molecular weight excluding hydrogens is 491 g/mol.